The van der Waals surface area contributed by atoms with Crippen molar-refractivity contribution in [2.75, 3.05) is 18.0 Å². The van der Waals surface area contributed by atoms with E-state index in [1.807, 2.05) is 18.7 Å². The number of ether oxygens (including phenoxy) is 1. The van der Waals surface area contributed by atoms with Gasteiger partial charge < -0.3 is 9.64 Å². The highest BCUT2D eigenvalue weighted by atomic mass is 35.5. The Morgan fingerprint density at radius 1 is 1.50 bits per heavy atom. The van der Waals surface area contributed by atoms with Crippen molar-refractivity contribution in [1.29, 1.82) is 0 Å². The van der Waals surface area contributed by atoms with E-state index in [9.17, 15) is 4.79 Å². The lowest BCUT2D eigenvalue weighted by Gasteiger charge is -2.36. The summed E-state index contributed by atoms with van der Waals surface area (Å²) >= 11 is 5.99. The summed E-state index contributed by atoms with van der Waals surface area (Å²) in [5, 5.41) is 6.42. The topological polar surface area (TPSA) is 58.2 Å². The number of morpholine rings is 1. The van der Waals surface area contributed by atoms with Gasteiger partial charge in [0.05, 0.1) is 23.4 Å². The van der Waals surface area contributed by atoms with Gasteiger partial charge in [0.25, 0.3) is 5.56 Å². The average Bonchev–Trinajstić information content (AvgIpc) is 2.15. The Morgan fingerprint density at radius 2 is 2.12 bits per heavy atom. The zero-order valence-electron chi connectivity index (χ0n) is 9.24. The predicted molar refractivity (Wildman–Crippen MR) is 62.1 cm³/mol. The summed E-state index contributed by atoms with van der Waals surface area (Å²) in [5.41, 5.74) is 0.229. The molecule has 6 heteroatoms. The lowest BCUT2D eigenvalue weighted by Crippen LogP contribution is -2.47. The summed E-state index contributed by atoms with van der Waals surface area (Å²) < 4.78 is 5.60. The average molecular weight is 244 g/mol. The molecule has 0 aromatic carbocycles. The number of anilines is 1. The Kier molecular flexibility index (Phi) is 3.16. The minimum Gasteiger partial charge on any atom is -0.372 e. The zero-order valence-corrected chi connectivity index (χ0v) is 9.99. The van der Waals surface area contributed by atoms with Crippen LogP contribution >= 0.6 is 11.6 Å². The van der Waals surface area contributed by atoms with Crippen LogP contribution in [0.1, 0.15) is 13.8 Å². The van der Waals surface area contributed by atoms with E-state index in [0.29, 0.717) is 23.8 Å². The number of halogens is 1. The number of hydrogen-bond donors (Lipinski definition) is 1. The first-order chi connectivity index (χ1) is 7.58. The molecule has 1 saturated heterocycles. The fourth-order valence-corrected chi connectivity index (χ4v) is 2.28. The summed E-state index contributed by atoms with van der Waals surface area (Å²) in [6.45, 7) is 5.28. The quantitative estimate of drug-likeness (QED) is 0.801. The normalized spacial score (nSPS) is 25.8. The second kappa shape index (κ2) is 4.43. The van der Waals surface area contributed by atoms with Gasteiger partial charge in [0.2, 0.25) is 0 Å². The predicted octanol–water partition coefficient (Wildman–Crippen LogP) is 1.04. The summed E-state index contributed by atoms with van der Waals surface area (Å²) in [7, 11) is 0. The Labute approximate surface area is 98.4 Å². The van der Waals surface area contributed by atoms with Crippen molar-refractivity contribution in [3.63, 3.8) is 0 Å². The fraction of sp³-hybridized carbons (Fsp3) is 0.600. The minimum absolute atomic E-state index is 0.0902. The monoisotopic (exact) mass is 243 g/mol. The molecular formula is C10H14ClN3O2. The minimum atomic E-state index is -0.256. The van der Waals surface area contributed by atoms with Gasteiger partial charge in [-0.2, -0.15) is 5.10 Å². The highest BCUT2D eigenvalue weighted by Gasteiger charge is 2.25. The van der Waals surface area contributed by atoms with Crippen molar-refractivity contribution in [1.82, 2.24) is 10.2 Å². The van der Waals surface area contributed by atoms with Crippen LogP contribution in [-0.4, -0.2) is 35.5 Å². The van der Waals surface area contributed by atoms with E-state index in [4.69, 9.17) is 16.3 Å². The fourth-order valence-electron chi connectivity index (χ4n) is 2.03. The van der Waals surface area contributed by atoms with Crippen molar-refractivity contribution < 1.29 is 4.74 Å². The highest BCUT2D eigenvalue weighted by Crippen LogP contribution is 2.23. The van der Waals surface area contributed by atoms with Gasteiger partial charge in [-0.15, -0.1) is 0 Å². The van der Waals surface area contributed by atoms with Crippen molar-refractivity contribution in [2.45, 2.75) is 26.1 Å². The first kappa shape index (κ1) is 11.4. The molecular weight excluding hydrogens is 230 g/mol. The molecule has 1 aliphatic heterocycles. The van der Waals surface area contributed by atoms with Crippen LogP contribution in [0.25, 0.3) is 0 Å². The maximum Gasteiger partial charge on any atom is 0.289 e. The molecule has 1 fully saturated rings. The third-order valence-corrected chi connectivity index (χ3v) is 2.80. The molecule has 0 amide bonds. The standard InChI is InChI=1S/C10H14ClN3O2/c1-6-4-14(5-7(2)16-6)9-8(11)3-12-13-10(9)15/h3,6-7H,4-5H2,1-2H3,(H,13,15). The number of nitrogens with zero attached hydrogens (tertiary/aromatic N) is 2. The van der Waals surface area contributed by atoms with Crippen molar-refractivity contribution >= 4 is 17.3 Å². The van der Waals surface area contributed by atoms with Gasteiger partial charge >= 0.3 is 0 Å². The van der Waals surface area contributed by atoms with Crippen LogP contribution in [0.4, 0.5) is 5.69 Å². The van der Waals surface area contributed by atoms with Crippen molar-refractivity contribution in [3.05, 3.63) is 21.6 Å². The molecule has 88 valence electrons. The molecule has 0 bridgehead atoms. The number of H-pyrrole nitrogens is 1. The second-order valence-corrected chi connectivity index (χ2v) is 4.47. The Bertz CT molecular complexity index is 424. The van der Waals surface area contributed by atoms with E-state index in [0.717, 1.165) is 0 Å². The Morgan fingerprint density at radius 3 is 2.69 bits per heavy atom. The van der Waals surface area contributed by atoms with Gasteiger partial charge in [-0.05, 0) is 13.8 Å². The molecule has 16 heavy (non-hydrogen) atoms. The highest BCUT2D eigenvalue weighted by molar-refractivity contribution is 6.33. The number of aromatic amines is 1. The number of hydrogen-bond acceptors (Lipinski definition) is 4. The van der Waals surface area contributed by atoms with Gasteiger partial charge in [-0.1, -0.05) is 11.6 Å². The summed E-state index contributed by atoms with van der Waals surface area (Å²) in [4.78, 5) is 13.6. The lowest BCUT2D eigenvalue weighted by molar-refractivity contribution is -0.00529. The third kappa shape index (κ3) is 2.20. The van der Waals surface area contributed by atoms with Crippen LogP contribution in [0, 0.1) is 0 Å². The van der Waals surface area contributed by atoms with Crippen LogP contribution in [0.2, 0.25) is 5.02 Å². The van der Waals surface area contributed by atoms with Crippen molar-refractivity contribution in [3.8, 4) is 0 Å². The molecule has 1 aliphatic rings. The van der Waals surface area contributed by atoms with Crippen LogP contribution < -0.4 is 10.5 Å². The molecule has 0 spiro atoms. The van der Waals surface area contributed by atoms with E-state index in [1.165, 1.54) is 6.20 Å². The van der Waals surface area contributed by atoms with E-state index in [-0.39, 0.29) is 17.8 Å². The van der Waals surface area contributed by atoms with Gasteiger partial charge in [0.15, 0.2) is 0 Å². The first-order valence-corrected chi connectivity index (χ1v) is 5.59. The SMILES string of the molecule is CC1CN(c2c(Cl)cn[nH]c2=O)CC(C)O1. The largest absolute Gasteiger partial charge is 0.372 e. The smallest absolute Gasteiger partial charge is 0.289 e. The lowest BCUT2D eigenvalue weighted by atomic mass is 10.2. The Hall–Kier alpha value is -1.07. The van der Waals surface area contributed by atoms with Crippen LogP contribution in [0.5, 0.6) is 0 Å². The molecule has 2 atom stereocenters. The number of aromatic nitrogens is 2. The summed E-state index contributed by atoms with van der Waals surface area (Å²) in [5.74, 6) is 0. The maximum absolute atomic E-state index is 11.7. The van der Waals surface area contributed by atoms with E-state index in [1.54, 1.807) is 0 Å². The van der Waals surface area contributed by atoms with Crippen molar-refractivity contribution in [2.24, 2.45) is 0 Å². The van der Waals surface area contributed by atoms with E-state index in [2.05, 4.69) is 10.2 Å². The number of rotatable bonds is 1. The van der Waals surface area contributed by atoms with E-state index < -0.39 is 0 Å². The molecule has 0 aliphatic carbocycles. The molecule has 1 aromatic heterocycles. The molecule has 0 radical (unpaired) electrons. The van der Waals surface area contributed by atoms with Gasteiger partial charge in [0.1, 0.15) is 5.69 Å². The zero-order chi connectivity index (χ0) is 11.7. The first-order valence-electron chi connectivity index (χ1n) is 5.21. The molecule has 0 saturated carbocycles. The van der Waals surface area contributed by atoms with Crippen LogP contribution in [0.15, 0.2) is 11.0 Å². The van der Waals surface area contributed by atoms with Gasteiger partial charge in [-0.3, -0.25) is 4.79 Å². The molecule has 2 rings (SSSR count). The van der Waals surface area contributed by atoms with Gasteiger partial charge in [-0.25, -0.2) is 5.10 Å². The number of nitrogens with one attached hydrogen (secondary N) is 1. The maximum atomic E-state index is 11.7. The molecule has 5 nitrogen and oxygen atoms in total. The summed E-state index contributed by atoms with van der Waals surface area (Å²) in [6.07, 6.45) is 1.63. The molecule has 1 N–H and O–H groups in total. The van der Waals surface area contributed by atoms with Gasteiger partial charge in [0, 0.05) is 13.1 Å². The molecule has 2 heterocycles. The van der Waals surface area contributed by atoms with E-state index >= 15 is 0 Å². The molecule has 2 unspecified atom stereocenters. The van der Waals surface area contributed by atoms with Crippen LogP contribution in [0.3, 0.4) is 0 Å². The van der Waals surface area contributed by atoms with Crippen LogP contribution in [-0.2, 0) is 4.74 Å². The Balaban J connectivity index is 2.33. The summed E-state index contributed by atoms with van der Waals surface area (Å²) in [6, 6.07) is 0. The molecule has 1 aromatic rings. The third-order valence-electron chi connectivity index (χ3n) is 2.52. The second-order valence-electron chi connectivity index (χ2n) is 4.06.